The molecule has 0 atom stereocenters. The molecule has 20 heavy (non-hydrogen) atoms. The predicted molar refractivity (Wildman–Crippen MR) is 78.0 cm³/mol. The maximum absolute atomic E-state index is 11.9. The van der Waals surface area contributed by atoms with Crippen LogP contribution in [0.15, 0.2) is 36.7 Å². The molecule has 0 aliphatic heterocycles. The average molecular weight is 268 g/mol. The number of carbonyl (C=O) groups is 1. The number of hydrogen-bond acceptors (Lipinski definition) is 3. The van der Waals surface area contributed by atoms with Crippen LogP contribution in [0, 0.1) is 18.8 Å². The zero-order valence-corrected chi connectivity index (χ0v) is 11.3. The van der Waals surface area contributed by atoms with Crippen LogP contribution in [0.5, 0.6) is 0 Å². The monoisotopic (exact) mass is 268 g/mol. The van der Waals surface area contributed by atoms with Crippen LogP contribution in [0.1, 0.15) is 11.1 Å². The van der Waals surface area contributed by atoms with Crippen molar-refractivity contribution in [2.75, 3.05) is 11.9 Å². The Morgan fingerprint density at radius 2 is 2.30 bits per heavy atom. The van der Waals surface area contributed by atoms with Gasteiger partial charge in [0.2, 0.25) is 5.91 Å². The molecule has 5 nitrogen and oxygen atoms in total. The highest BCUT2D eigenvalue weighted by Crippen LogP contribution is 2.14. The highest BCUT2D eigenvalue weighted by molar-refractivity contribution is 5.90. The highest BCUT2D eigenvalue weighted by atomic mass is 16.2. The van der Waals surface area contributed by atoms with Gasteiger partial charge < -0.3 is 11.1 Å². The van der Waals surface area contributed by atoms with Gasteiger partial charge in [0, 0.05) is 23.6 Å². The molecule has 0 spiro atoms. The molecule has 1 amide bonds. The molecule has 0 radical (unpaired) electrons. The molecule has 0 saturated heterocycles. The standard InChI is InChI=1S/C15H16N4O/c1-12-8-13(4-2-5-16)10-14(9-12)18-15(20)11-19-7-3-6-17-19/h3,6-10H,5,11,16H2,1H3,(H,18,20). The third-order valence-electron chi connectivity index (χ3n) is 2.56. The normalized spacial score (nSPS) is 9.70. The first-order chi connectivity index (χ1) is 9.67. The Kier molecular flexibility index (Phi) is 4.53. The maximum atomic E-state index is 11.9. The number of aromatic nitrogens is 2. The van der Waals surface area contributed by atoms with E-state index in [4.69, 9.17) is 5.73 Å². The third-order valence-corrected chi connectivity index (χ3v) is 2.56. The SMILES string of the molecule is Cc1cc(C#CCN)cc(NC(=O)Cn2cccn2)c1. The molecule has 0 aliphatic carbocycles. The molecule has 0 unspecified atom stereocenters. The van der Waals surface area contributed by atoms with Crippen molar-refractivity contribution in [3.8, 4) is 11.8 Å². The summed E-state index contributed by atoms with van der Waals surface area (Å²) in [6, 6.07) is 7.46. The third kappa shape index (κ3) is 3.97. The first-order valence-corrected chi connectivity index (χ1v) is 6.25. The van der Waals surface area contributed by atoms with Gasteiger partial charge in [-0.05, 0) is 36.8 Å². The second-order valence-corrected chi connectivity index (χ2v) is 4.35. The van der Waals surface area contributed by atoms with Crippen molar-refractivity contribution in [3.63, 3.8) is 0 Å². The van der Waals surface area contributed by atoms with Crippen LogP contribution in [0.2, 0.25) is 0 Å². The smallest absolute Gasteiger partial charge is 0.246 e. The lowest BCUT2D eigenvalue weighted by molar-refractivity contribution is -0.116. The first-order valence-electron chi connectivity index (χ1n) is 6.25. The van der Waals surface area contributed by atoms with Gasteiger partial charge in [-0.25, -0.2) is 0 Å². The van der Waals surface area contributed by atoms with Gasteiger partial charge in [0.1, 0.15) is 6.54 Å². The molecule has 1 heterocycles. The van der Waals surface area contributed by atoms with E-state index in [2.05, 4.69) is 22.3 Å². The van der Waals surface area contributed by atoms with Crippen LogP contribution in [0.4, 0.5) is 5.69 Å². The predicted octanol–water partition coefficient (Wildman–Crippen LogP) is 1.14. The van der Waals surface area contributed by atoms with E-state index in [-0.39, 0.29) is 12.5 Å². The Labute approximate surface area is 117 Å². The summed E-state index contributed by atoms with van der Waals surface area (Å²) in [5.41, 5.74) is 7.95. The van der Waals surface area contributed by atoms with E-state index >= 15 is 0 Å². The lowest BCUT2D eigenvalue weighted by Crippen LogP contribution is -2.19. The summed E-state index contributed by atoms with van der Waals surface area (Å²) in [5, 5.41) is 6.83. The lowest BCUT2D eigenvalue weighted by Gasteiger charge is -2.07. The van der Waals surface area contributed by atoms with Crippen molar-refractivity contribution in [1.82, 2.24) is 9.78 Å². The molecule has 1 aromatic carbocycles. The van der Waals surface area contributed by atoms with E-state index in [0.29, 0.717) is 6.54 Å². The second kappa shape index (κ2) is 6.55. The van der Waals surface area contributed by atoms with Gasteiger partial charge >= 0.3 is 0 Å². The number of amides is 1. The van der Waals surface area contributed by atoms with Crippen LogP contribution < -0.4 is 11.1 Å². The molecule has 3 N–H and O–H groups in total. The topological polar surface area (TPSA) is 72.9 Å². The van der Waals surface area contributed by atoms with Crippen LogP contribution in [0.3, 0.4) is 0 Å². The van der Waals surface area contributed by atoms with Gasteiger partial charge in [-0.15, -0.1) is 0 Å². The van der Waals surface area contributed by atoms with Crippen LogP contribution in [0.25, 0.3) is 0 Å². The zero-order chi connectivity index (χ0) is 14.4. The number of nitrogens with zero attached hydrogens (tertiary/aromatic N) is 2. The van der Waals surface area contributed by atoms with Crippen molar-refractivity contribution in [1.29, 1.82) is 0 Å². The Morgan fingerprint density at radius 1 is 1.45 bits per heavy atom. The van der Waals surface area contributed by atoms with Gasteiger partial charge in [-0.3, -0.25) is 9.48 Å². The minimum absolute atomic E-state index is 0.128. The van der Waals surface area contributed by atoms with E-state index in [0.717, 1.165) is 16.8 Å². The number of nitrogens with one attached hydrogen (secondary N) is 1. The van der Waals surface area contributed by atoms with Crippen molar-refractivity contribution in [3.05, 3.63) is 47.8 Å². The fourth-order valence-electron chi connectivity index (χ4n) is 1.82. The minimum atomic E-state index is -0.128. The van der Waals surface area contributed by atoms with E-state index in [1.54, 1.807) is 23.1 Å². The minimum Gasteiger partial charge on any atom is -0.324 e. The van der Waals surface area contributed by atoms with Gasteiger partial charge in [0.05, 0.1) is 6.54 Å². The van der Waals surface area contributed by atoms with E-state index in [1.165, 1.54) is 0 Å². The summed E-state index contributed by atoms with van der Waals surface area (Å²) >= 11 is 0. The van der Waals surface area contributed by atoms with Gasteiger partial charge in [-0.1, -0.05) is 11.8 Å². The largest absolute Gasteiger partial charge is 0.324 e. The van der Waals surface area contributed by atoms with Gasteiger partial charge in [-0.2, -0.15) is 5.10 Å². The van der Waals surface area contributed by atoms with E-state index in [1.807, 2.05) is 25.1 Å². The average Bonchev–Trinajstić information content (AvgIpc) is 2.88. The van der Waals surface area contributed by atoms with Crippen molar-refractivity contribution < 1.29 is 4.79 Å². The van der Waals surface area contributed by atoms with Crippen molar-refractivity contribution >= 4 is 11.6 Å². The fourth-order valence-corrected chi connectivity index (χ4v) is 1.82. The number of anilines is 1. The highest BCUT2D eigenvalue weighted by Gasteiger charge is 2.04. The van der Waals surface area contributed by atoms with Crippen LogP contribution in [-0.2, 0) is 11.3 Å². The van der Waals surface area contributed by atoms with Crippen LogP contribution >= 0.6 is 0 Å². The molecule has 102 valence electrons. The zero-order valence-electron chi connectivity index (χ0n) is 11.3. The number of rotatable bonds is 3. The number of benzene rings is 1. The van der Waals surface area contributed by atoms with Gasteiger partial charge in [0.15, 0.2) is 0 Å². The molecule has 2 aromatic rings. The summed E-state index contributed by atoms with van der Waals surface area (Å²) in [5.74, 6) is 5.63. The van der Waals surface area contributed by atoms with E-state index < -0.39 is 0 Å². The number of hydrogen-bond donors (Lipinski definition) is 2. The summed E-state index contributed by atoms with van der Waals surface area (Å²) < 4.78 is 1.57. The summed E-state index contributed by atoms with van der Waals surface area (Å²) in [4.78, 5) is 11.9. The Hall–Kier alpha value is -2.58. The fraction of sp³-hybridized carbons (Fsp3) is 0.200. The molecule has 1 aromatic heterocycles. The Morgan fingerprint density at radius 3 is 3.00 bits per heavy atom. The molecule has 2 rings (SSSR count). The quantitative estimate of drug-likeness (QED) is 0.820. The maximum Gasteiger partial charge on any atom is 0.246 e. The number of nitrogens with two attached hydrogens (primary N) is 1. The number of carbonyl (C=O) groups excluding carboxylic acids is 1. The number of aryl methyl sites for hydroxylation is 1. The molecular weight excluding hydrogens is 252 g/mol. The Bertz CT molecular complexity index is 650. The molecule has 0 fully saturated rings. The first kappa shape index (κ1) is 13.8. The molecule has 0 saturated carbocycles. The molecule has 0 bridgehead atoms. The molecule has 5 heteroatoms. The summed E-state index contributed by atoms with van der Waals surface area (Å²) in [6.45, 7) is 2.45. The van der Waals surface area contributed by atoms with E-state index in [9.17, 15) is 4.79 Å². The van der Waals surface area contributed by atoms with Crippen LogP contribution in [-0.4, -0.2) is 22.2 Å². The lowest BCUT2D eigenvalue weighted by atomic mass is 10.1. The summed E-state index contributed by atoms with van der Waals surface area (Å²) in [7, 11) is 0. The Balaban J connectivity index is 2.08. The van der Waals surface area contributed by atoms with Gasteiger partial charge in [0.25, 0.3) is 0 Å². The van der Waals surface area contributed by atoms with Crippen molar-refractivity contribution in [2.24, 2.45) is 5.73 Å². The summed E-state index contributed by atoms with van der Waals surface area (Å²) in [6.07, 6.45) is 3.38. The molecular formula is C15H16N4O. The molecule has 0 aliphatic rings. The van der Waals surface area contributed by atoms with Crippen molar-refractivity contribution in [2.45, 2.75) is 13.5 Å². The second-order valence-electron chi connectivity index (χ2n) is 4.35.